The summed E-state index contributed by atoms with van der Waals surface area (Å²) in [6, 6.07) is 5.70. The number of rotatable bonds is 6. The predicted molar refractivity (Wildman–Crippen MR) is 103 cm³/mol. The van der Waals surface area contributed by atoms with Crippen LogP contribution in [-0.4, -0.2) is 75.0 Å². The third kappa shape index (κ3) is 4.37. The molecule has 1 N–H and O–H groups in total. The van der Waals surface area contributed by atoms with Crippen LogP contribution in [0.2, 0.25) is 0 Å². The van der Waals surface area contributed by atoms with Gasteiger partial charge in [0, 0.05) is 25.3 Å². The monoisotopic (exact) mass is 388 g/mol. The molecule has 0 radical (unpaired) electrons. The Bertz CT molecular complexity index is 771. The van der Waals surface area contributed by atoms with Crippen molar-refractivity contribution < 1.29 is 23.9 Å². The Balaban J connectivity index is 1.71. The van der Waals surface area contributed by atoms with Gasteiger partial charge in [-0.15, -0.1) is 0 Å². The standard InChI is InChI=1S/C19H24N4O5/c1-13(20-7-8-22-9-11-28-12-10-22)16-17(24)21-19(26)23(18(16)25)14-3-5-15(27-2)6-4-14/h3-6,16H,7-12H2,1-2H3,(H,21,24,26). The second-order valence-electron chi connectivity index (χ2n) is 6.58. The number of benzene rings is 1. The lowest BCUT2D eigenvalue weighted by Crippen LogP contribution is -2.60. The molecule has 0 saturated carbocycles. The van der Waals surface area contributed by atoms with Crippen LogP contribution >= 0.6 is 0 Å². The van der Waals surface area contributed by atoms with Gasteiger partial charge in [0.15, 0.2) is 5.92 Å². The van der Waals surface area contributed by atoms with Crippen LogP contribution in [0.4, 0.5) is 10.5 Å². The van der Waals surface area contributed by atoms with Crippen LogP contribution in [0.5, 0.6) is 5.75 Å². The van der Waals surface area contributed by atoms with Crippen molar-refractivity contribution in [3.63, 3.8) is 0 Å². The Labute approximate surface area is 163 Å². The molecule has 4 amide bonds. The normalized spacial score (nSPS) is 21.6. The predicted octanol–water partition coefficient (Wildman–Crippen LogP) is 0.687. The maximum Gasteiger partial charge on any atom is 0.335 e. The lowest BCUT2D eigenvalue weighted by atomic mass is 9.99. The summed E-state index contributed by atoms with van der Waals surface area (Å²) in [7, 11) is 1.53. The number of anilines is 1. The molecule has 2 aliphatic heterocycles. The number of hydrogen-bond donors (Lipinski definition) is 1. The van der Waals surface area contributed by atoms with Gasteiger partial charge >= 0.3 is 6.03 Å². The average molecular weight is 388 g/mol. The largest absolute Gasteiger partial charge is 0.497 e. The Kier molecular flexibility index (Phi) is 6.37. The quantitative estimate of drug-likeness (QED) is 0.568. The van der Waals surface area contributed by atoms with E-state index in [4.69, 9.17) is 9.47 Å². The molecule has 0 spiro atoms. The van der Waals surface area contributed by atoms with E-state index in [0.29, 0.717) is 36.9 Å². The third-order valence-corrected chi connectivity index (χ3v) is 4.79. The minimum absolute atomic E-state index is 0.363. The smallest absolute Gasteiger partial charge is 0.335 e. The number of nitrogens with one attached hydrogen (secondary N) is 1. The van der Waals surface area contributed by atoms with Gasteiger partial charge in [-0.3, -0.25) is 24.8 Å². The van der Waals surface area contributed by atoms with Crippen molar-refractivity contribution in [1.29, 1.82) is 0 Å². The highest BCUT2D eigenvalue weighted by Crippen LogP contribution is 2.24. The fraction of sp³-hybridized carbons (Fsp3) is 0.474. The first-order valence-corrected chi connectivity index (χ1v) is 9.15. The van der Waals surface area contributed by atoms with Crippen molar-refractivity contribution >= 4 is 29.2 Å². The van der Waals surface area contributed by atoms with E-state index in [1.54, 1.807) is 31.2 Å². The first-order chi connectivity index (χ1) is 13.5. The molecule has 9 heteroatoms. The molecule has 2 fully saturated rings. The van der Waals surface area contributed by atoms with Gasteiger partial charge in [0.1, 0.15) is 5.75 Å². The maximum absolute atomic E-state index is 12.9. The number of urea groups is 1. The highest BCUT2D eigenvalue weighted by Gasteiger charge is 2.42. The minimum atomic E-state index is -1.12. The number of carbonyl (C=O) groups is 3. The van der Waals surface area contributed by atoms with Gasteiger partial charge in [-0.25, -0.2) is 9.69 Å². The van der Waals surface area contributed by atoms with Crippen molar-refractivity contribution in [3.05, 3.63) is 24.3 Å². The molecular formula is C19H24N4O5. The second-order valence-corrected chi connectivity index (χ2v) is 6.58. The second kappa shape index (κ2) is 8.94. The molecule has 2 aliphatic rings. The number of carbonyl (C=O) groups excluding carboxylic acids is 3. The number of methoxy groups -OCH3 is 1. The fourth-order valence-corrected chi connectivity index (χ4v) is 3.20. The summed E-state index contributed by atoms with van der Waals surface area (Å²) in [6.45, 7) is 5.93. The van der Waals surface area contributed by atoms with Crippen molar-refractivity contribution in [2.45, 2.75) is 6.92 Å². The first-order valence-electron chi connectivity index (χ1n) is 9.15. The van der Waals surface area contributed by atoms with E-state index in [0.717, 1.165) is 24.5 Å². The van der Waals surface area contributed by atoms with Crippen molar-refractivity contribution in [2.75, 3.05) is 51.4 Å². The number of ether oxygens (including phenoxy) is 2. The van der Waals surface area contributed by atoms with Gasteiger partial charge in [0.05, 0.1) is 32.6 Å². The Morgan fingerprint density at radius 1 is 1.21 bits per heavy atom. The molecule has 0 aromatic heterocycles. The summed E-state index contributed by atoms with van der Waals surface area (Å²) >= 11 is 0. The molecule has 3 rings (SSSR count). The number of barbiturate groups is 1. The topological polar surface area (TPSA) is 101 Å². The fourth-order valence-electron chi connectivity index (χ4n) is 3.20. The molecule has 150 valence electrons. The molecule has 1 unspecified atom stereocenters. The molecule has 28 heavy (non-hydrogen) atoms. The molecule has 0 bridgehead atoms. The van der Waals surface area contributed by atoms with Gasteiger partial charge in [0.2, 0.25) is 5.91 Å². The SMILES string of the molecule is COc1ccc(N2C(=O)NC(=O)C(C(C)=NCCN3CCOCC3)C2=O)cc1. The summed E-state index contributed by atoms with van der Waals surface area (Å²) in [5.74, 6) is -1.77. The van der Waals surface area contributed by atoms with Gasteiger partial charge in [-0.05, 0) is 31.2 Å². The maximum atomic E-state index is 12.9. The van der Waals surface area contributed by atoms with Crippen LogP contribution in [-0.2, 0) is 14.3 Å². The Hall–Kier alpha value is -2.78. The molecule has 2 saturated heterocycles. The highest BCUT2D eigenvalue weighted by atomic mass is 16.5. The summed E-state index contributed by atoms with van der Waals surface area (Å²) < 4.78 is 10.4. The molecule has 1 aromatic carbocycles. The number of imide groups is 2. The van der Waals surface area contributed by atoms with E-state index in [1.165, 1.54) is 7.11 Å². The molecule has 1 atom stereocenters. The van der Waals surface area contributed by atoms with Crippen molar-refractivity contribution in [2.24, 2.45) is 10.9 Å². The van der Waals surface area contributed by atoms with E-state index in [9.17, 15) is 14.4 Å². The van der Waals surface area contributed by atoms with E-state index in [-0.39, 0.29) is 0 Å². The zero-order valence-electron chi connectivity index (χ0n) is 16.0. The lowest BCUT2D eigenvalue weighted by molar-refractivity contribution is -0.131. The van der Waals surface area contributed by atoms with Crippen LogP contribution in [0, 0.1) is 5.92 Å². The van der Waals surface area contributed by atoms with E-state index in [1.807, 2.05) is 0 Å². The Morgan fingerprint density at radius 2 is 1.89 bits per heavy atom. The summed E-state index contributed by atoms with van der Waals surface area (Å²) in [5.41, 5.74) is 0.753. The van der Waals surface area contributed by atoms with Crippen LogP contribution in [0.15, 0.2) is 29.3 Å². The van der Waals surface area contributed by atoms with Crippen molar-refractivity contribution in [1.82, 2.24) is 10.2 Å². The molecule has 1 aromatic rings. The average Bonchev–Trinajstić information content (AvgIpc) is 2.69. The summed E-state index contributed by atoms with van der Waals surface area (Å²) in [6.07, 6.45) is 0. The number of aliphatic imine (C=N–C) groups is 1. The number of amides is 4. The molecular weight excluding hydrogens is 364 g/mol. The molecule has 9 nitrogen and oxygen atoms in total. The summed E-state index contributed by atoms with van der Waals surface area (Å²) in [4.78, 5) is 45.0. The van der Waals surface area contributed by atoms with E-state index in [2.05, 4.69) is 15.2 Å². The van der Waals surface area contributed by atoms with Crippen LogP contribution in [0.25, 0.3) is 0 Å². The number of morpholine rings is 1. The van der Waals surface area contributed by atoms with Crippen LogP contribution < -0.4 is 15.0 Å². The van der Waals surface area contributed by atoms with Crippen LogP contribution in [0.3, 0.4) is 0 Å². The van der Waals surface area contributed by atoms with Gasteiger partial charge < -0.3 is 9.47 Å². The first kappa shape index (κ1) is 20.0. The number of nitrogens with zero attached hydrogens (tertiary/aromatic N) is 3. The van der Waals surface area contributed by atoms with E-state index >= 15 is 0 Å². The minimum Gasteiger partial charge on any atom is -0.497 e. The van der Waals surface area contributed by atoms with Gasteiger partial charge in [-0.1, -0.05) is 0 Å². The zero-order chi connectivity index (χ0) is 20.1. The van der Waals surface area contributed by atoms with Crippen molar-refractivity contribution in [3.8, 4) is 5.75 Å². The highest BCUT2D eigenvalue weighted by molar-refractivity contribution is 6.35. The third-order valence-electron chi connectivity index (χ3n) is 4.79. The zero-order valence-corrected chi connectivity index (χ0v) is 16.0. The van der Waals surface area contributed by atoms with Crippen LogP contribution in [0.1, 0.15) is 6.92 Å². The lowest BCUT2D eigenvalue weighted by Gasteiger charge is -2.30. The Morgan fingerprint density at radius 3 is 2.54 bits per heavy atom. The number of hydrogen-bond acceptors (Lipinski definition) is 7. The van der Waals surface area contributed by atoms with Gasteiger partial charge in [0.25, 0.3) is 5.91 Å². The summed E-state index contributed by atoms with van der Waals surface area (Å²) in [5, 5.41) is 2.25. The molecule has 2 heterocycles. The van der Waals surface area contributed by atoms with Gasteiger partial charge in [-0.2, -0.15) is 0 Å². The molecule has 0 aliphatic carbocycles. The van der Waals surface area contributed by atoms with E-state index < -0.39 is 23.8 Å².